The highest BCUT2D eigenvalue weighted by Gasteiger charge is 2.55. The van der Waals surface area contributed by atoms with E-state index in [1.807, 2.05) is 4.90 Å². The Balaban J connectivity index is 1.33. The summed E-state index contributed by atoms with van der Waals surface area (Å²) in [6.45, 7) is 1.53. The number of amides is 1. The van der Waals surface area contributed by atoms with E-state index in [4.69, 9.17) is 5.11 Å². The van der Waals surface area contributed by atoms with Crippen LogP contribution in [-0.4, -0.2) is 44.8 Å². The number of aromatic carboxylic acids is 1. The maximum absolute atomic E-state index is 12.7. The van der Waals surface area contributed by atoms with Crippen LogP contribution in [0.15, 0.2) is 12.4 Å². The van der Waals surface area contributed by atoms with Gasteiger partial charge in [0.15, 0.2) is 0 Å². The SMILES string of the molecule is O=C(O)c1cnn(C2CCN(C(=O)C3C4CCCCC43)CC2)c1. The Kier molecular flexibility index (Phi) is 3.62. The molecule has 2 unspecified atom stereocenters. The van der Waals surface area contributed by atoms with Gasteiger partial charge in [0.2, 0.25) is 5.91 Å². The average molecular weight is 317 g/mol. The molecule has 1 saturated heterocycles. The molecule has 2 atom stereocenters. The van der Waals surface area contributed by atoms with Crippen molar-refractivity contribution in [2.75, 3.05) is 13.1 Å². The number of aromatic nitrogens is 2. The van der Waals surface area contributed by atoms with Gasteiger partial charge >= 0.3 is 5.97 Å². The van der Waals surface area contributed by atoms with Crippen LogP contribution in [0.3, 0.4) is 0 Å². The Labute approximate surface area is 135 Å². The van der Waals surface area contributed by atoms with Crippen molar-refractivity contribution in [1.29, 1.82) is 0 Å². The van der Waals surface area contributed by atoms with Gasteiger partial charge in [-0.05, 0) is 37.5 Å². The number of rotatable bonds is 3. The van der Waals surface area contributed by atoms with Crippen molar-refractivity contribution >= 4 is 11.9 Å². The summed E-state index contributed by atoms with van der Waals surface area (Å²) in [6.07, 6.45) is 9.76. The van der Waals surface area contributed by atoms with Gasteiger partial charge in [-0.2, -0.15) is 5.10 Å². The molecule has 2 heterocycles. The van der Waals surface area contributed by atoms with Crippen LogP contribution in [0.2, 0.25) is 0 Å². The van der Waals surface area contributed by atoms with Crippen LogP contribution in [0, 0.1) is 17.8 Å². The maximum Gasteiger partial charge on any atom is 0.338 e. The smallest absolute Gasteiger partial charge is 0.338 e. The zero-order valence-electron chi connectivity index (χ0n) is 13.2. The molecule has 6 nitrogen and oxygen atoms in total. The van der Waals surface area contributed by atoms with Gasteiger partial charge in [-0.1, -0.05) is 12.8 Å². The van der Waals surface area contributed by atoms with E-state index >= 15 is 0 Å². The summed E-state index contributed by atoms with van der Waals surface area (Å²) in [6, 6.07) is 0.202. The van der Waals surface area contributed by atoms with Crippen molar-refractivity contribution in [2.45, 2.75) is 44.6 Å². The molecule has 1 aromatic rings. The number of nitrogens with zero attached hydrogens (tertiary/aromatic N) is 3. The standard InChI is InChI=1S/C17H23N3O3/c21-16(15-13-3-1-2-4-14(13)15)19-7-5-12(6-8-19)20-10-11(9-18-20)17(22)23/h9-10,12-15H,1-8H2,(H,22,23). The molecule has 2 aliphatic carbocycles. The lowest BCUT2D eigenvalue weighted by atomic mass is 10.0. The van der Waals surface area contributed by atoms with E-state index in [9.17, 15) is 9.59 Å². The Morgan fingerprint density at radius 3 is 2.30 bits per heavy atom. The van der Waals surface area contributed by atoms with Crippen LogP contribution in [-0.2, 0) is 4.79 Å². The van der Waals surface area contributed by atoms with E-state index in [0.29, 0.717) is 23.7 Å². The second kappa shape index (κ2) is 5.65. The molecule has 4 rings (SSSR count). The van der Waals surface area contributed by atoms with Crippen LogP contribution in [0.5, 0.6) is 0 Å². The van der Waals surface area contributed by atoms with Crippen molar-refractivity contribution in [2.24, 2.45) is 17.8 Å². The lowest BCUT2D eigenvalue weighted by molar-refractivity contribution is -0.134. The topological polar surface area (TPSA) is 75.4 Å². The Hall–Kier alpha value is -1.85. The molecule has 23 heavy (non-hydrogen) atoms. The molecule has 0 bridgehead atoms. The van der Waals surface area contributed by atoms with Gasteiger partial charge in [-0.3, -0.25) is 9.48 Å². The predicted octanol–water partition coefficient (Wildman–Crippen LogP) is 2.18. The number of piperidine rings is 1. The van der Waals surface area contributed by atoms with E-state index < -0.39 is 5.97 Å². The highest BCUT2D eigenvalue weighted by atomic mass is 16.4. The van der Waals surface area contributed by atoms with Gasteiger partial charge in [0.1, 0.15) is 0 Å². The first-order chi connectivity index (χ1) is 11.1. The molecule has 6 heteroatoms. The van der Waals surface area contributed by atoms with Crippen molar-refractivity contribution in [3.05, 3.63) is 18.0 Å². The molecule has 2 saturated carbocycles. The lowest BCUT2D eigenvalue weighted by Gasteiger charge is -2.32. The molecule has 0 radical (unpaired) electrons. The Bertz CT molecular complexity index is 606. The van der Waals surface area contributed by atoms with Crippen molar-refractivity contribution in [3.8, 4) is 0 Å². The normalized spacial score (nSPS) is 30.8. The van der Waals surface area contributed by atoms with Gasteiger partial charge in [0.25, 0.3) is 0 Å². The molecular formula is C17H23N3O3. The molecule has 1 aliphatic heterocycles. The number of likely N-dealkylation sites (tertiary alicyclic amines) is 1. The van der Waals surface area contributed by atoms with Gasteiger partial charge in [0.05, 0.1) is 17.8 Å². The first kappa shape index (κ1) is 14.7. The summed E-state index contributed by atoms with van der Waals surface area (Å²) in [4.78, 5) is 25.7. The molecule has 1 N–H and O–H groups in total. The predicted molar refractivity (Wildman–Crippen MR) is 83.0 cm³/mol. The number of carbonyl (C=O) groups excluding carboxylic acids is 1. The highest BCUT2D eigenvalue weighted by molar-refractivity contribution is 5.86. The summed E-state index contributed by atoms with van der Waals surface area (Å²) < 4.78 is 1.75. The summed E-state index contributed by atoms with van der Waals surface area (Å²) in [5, 5.41) is 13.1. The molecule has 0 spiro atoms. The lowest BCUT2D eigenvalue weighted by Crippen LogP contribution is -2.40. The third kappa shape index (κ3) is 2.64. The van der Waals surface area contributed by atoms with Gasteiger partial charge in [-0.25, -0.2) is 4.79 Å². The zero-order chi connectivity index (χ0) is 16.0. The van der Waals surface area contributed by atoms with E-state index in [1.54, 1.807) is 10.9 Å². The zero-order valence-corrected chi connectivity index (χ0v) is 13.2. The second-order valence-electron chi connectivity index (χ2n) is 7.21. The molecule has 124 valence electrons. The number of hydrogen-bond acceptors (Lipinski definition) is 3. The summed E-state index contributed by atoms with van der Waals surface area (Å²) >= 11 is 0. The van der Waals surface area contributed by atoms with E-state index in [-0.39, 0.29) is 11.6 Å². The number of fused-ring (bicyclic) bond motifs is 1. The minimum absolute atomic E-state index is 0.202. The molecule has 3 fully saturated rings. The summed E-state index contributed by atoms with van der Waals surface area (Å²) in [5.41, 5.74) is 0.227. The van der Waals surface area contributed by atoms with Gasteiger partial charge < -0.3 is 10.0 Å². The van der Waals surface area contributed by atoms with E-state index in [0.717, 1.165) is 25.9 Å². The van der Waals surface area contributed by atoms with Gasteiger partial charge in [0, 0.05) is 25.2 Å². The van der Waals surface area contributed by atoms with Crippen LogP contribution in [0.4, 0.5) is 0 Å². The van der Waals surface area contributed by atoms with Crippen molar-refractivity contribution in [1.82, 2.24) is 14.7 Å². The van der Waals surface area contributed by atoms with Crippen LogP contribution in [0.25, 0.3) is 0 Å². The summed E-state index contributed by atoms with van der Waals surface area (Å²) in [5.74, 6) is 1.06. The highest BCUT2D eigenvalue weighted by Crippen LogP contribution is 2.56. The van der Waals surface area contributed by atoms with Crippen LogP contribution in [0.1, 0.15) is 54.9 Å². The van der Waals surface area contributed by atoms with Gasteiger partial charge in [-0.15, -0.1) is 0 Å². The number of carboxylic acid groups (broad SMARTS) is 1. The number of hydrogen-bond donors (Lipinski definition) is 1. The monoisotopic (exact) mass is 317 g/mol. The van der Waals surface area contributed by atoms with Crippen molar-refractivity contribution in [3.63, 3.8) is 0 Å². The van der Waals surface area contributed by atoms with E-state index in [2.05, 4.69) is 5.10 Å². The maximum atomic E-state index is 12.7. The quantitative estimate of drug-likeness (QED) is 0.927. The second-order valence-corrected chi connectivity index (χ2v) is 7.21. The fourth-order valence-electron chi connectivity index (χ4n) is 4.57. The average Bonchev–Trinajstić information content (AvgIpc) is 3.08. The first-order valence-electron chi connectivity index (χ1n) is 8.71. The molecule has 1 amide bonds. The third-order valence-electron chi connectivity index (χ3n) is 5.94. The Morgan fingerprint density at radius 2 is 1.74 bits per heavy atom. The fraction of sp³-hybridized carbons (Fsp3) is 0.706. The third-order valence-corrected chi connectivity index (χ3v) is 5.94. The molecule has 3 aliphatic rings. The van der Waals surface area contributed by atoms with Crippen molar-refractivity contribution < 1.29 is 14.7 Å². The largest absolute Gasteiger partial charge is 0.478 e. The number of carboxylic acids is 1. The fourth-order valence-corrected chi connectivity index (χ4v) is 4.57. The molecule has 0 aromatic carbocycles. The Morgan fingerprint density at radius 1 is 1.09 bits per heavy atom. The first-order valence-corrected chi connectivity index (χ1v) is 8.71. The van der Waals surface area contributed by atoms with Crippen LogP contribution >= 0.6 is 0 Å². The summed E-state index contributed by atoms with van der Waals surface area (Å²) in [7, 11) is 0. The van der Waals surface area contributed by atoms with E-state index in [1.165, 1.54) is 31.9 Å². The minimum atomic E-state index is -0.944. The number of carbonyl (C=O) groups is 2. The minimum Gasteiger partial charge on any atom is -0.478 e. The van der Waals surface area contributed by atoms with Crippen LogP contribution < -0.4 is 0 Å². The molecule has 1 aromatic heterocycles. The molecular weight excluding hydrogens is 294 g/mol.